The first-order valence-electron chi connectivity index (χ1n) is 7.57. The summed E-state index contributed by atoms with van der Waals surface area (Å²) in [5.41, 5.74) is 0.879. The van der Waals surface area contributed by atoms with Gasteiger partial charge in [0.1, 0.15) is 0 Å². The van der Waals surface area contributed by atoms with E-state index >= 15 is 0 Å². The minimum atomic E-state index is -0.591. The second-order valence-corrected chi connectivity index (χ2v) is 5.57. The van der Waals surface area contributed by atoms with Gasteiger partial charge in [0.25, 0.3) is 0 Å². The summed E-state index contributed by atoms with van der Waals surface area (Å²) in [6, 6.07) is 9.64. The Balaban J connectivity index is 2.08. The first kappa shape index (κ1) is 15.0. The molecule has 0 aliphatic heterocycles. The van der Waals surface area contributed by atoms with Crippen molar-refractivity contribution in [3.63, 3.8) is 0 Å². The van der Waals surface area contributed by atoms with E-state index in [0.717, 1.165) is 18.4 Å². The van der Waals surface area contributed by atoms with Crippen molar-refractivity contribution in [3.05, 3.63) is 35.9 Å². The zero-order valence-corrected chi connectivity index (χ0v) is 12.4. The van der Waals surface area contributed by atoms with Gasteiger partial charge in [-0.2, -0.15) is 0 Å². The third-order valence-corrected chi connectivity index (χ3v) is 3.82. The molecule has 0 aromatic heterocycles. The highest BCUT2D eigenvalue weighted by molar-refractivity contribution is 5.76. The molecule has 3 unspecified atom stereocenters. The number of ether oxygens (including phenoxy) is 2. The third kappa shape index (κ3) is 4.07. The lowest BCUT2D eigenvalue weighted by Gasteiger charge is -2.30. The third-order valence-electron chi connectivity index (χ3n) is 3.82. The van der Waals surface area contributed by atoms with E-state index in [0.29, 0.717) is 12.5 Å². The summed E-state index contributed by atoms with van der Waals surface area (Å²) in [6.07, 6.45) is 4.07. The van der Waals surface area contributed by atoms with Crippen LogP contribution in [-0.2, 0) is 14.3 Å². The van der Waals surface area contributed by atoms with Gasteiger partial charge in [0, 0.05) is 0 Å². The van der Waals surface area contributed by atoms with Crippen LogP contribution in [0.3, 0.4) is 0 Å². The molecule has 3 nitrogen and oxygen atoms in total. The Morgan fingerprint density at radius 1 is 1.30 bits per heavy atom. The summed E-state index contributed by atoms with van der Waals surface area (Å²) < 4.78 is 11.3. The molecule has 0 heterocycles. The van der Waals surface area contributed by atoms with Crippen LogP contribution in [0, 0.1) is 5.92 Å². The van der Waals surface area contributed by atoms with Crippen molar-refractivity contribution in [2.45, 2.75) is 51.7 Å². The highest BCUT2D eigenvalue weighted by Gasteiger charge is 2.28. The van der Waals surface area contributed by atoms with Crippen molar-refractivity contribution >= 4 is 5.97 Å². The van der Waals surface area contributed by atoms with Gasteiger partial charge >= 0.3 is 5.97 Å². The lowest BCUT2D eigenvalue weighted by atomic mass is 9.88. The average molecular weight is 276 g/mol. The van der Waals surface area contributed by atoms with Gasteiger partial charge in [0.2, 0.25) is 0 Å². The van der Waals surface area contributed by atoms with E-state index in [-0.39, 0.29) is 12.1 Å². The summed E-state index contributed by atoms with van der Waals surface area (Å²) >= 11 is 0. The minimum Gasteiger partial charge on any atom is -0.464 e. The standard InChI is InChI=1S/C17H24O3/c1-3-19-17(18)16(14-9-5-4-6-10-14)20-15-11-7-8-13(2)12-15/h4-6,9-10,13,15-16H,3,7-8,11-12H2,1-2H3. The molecule has 1 aromatic carbocycles. The van der Waals surface area contributed by atoms with E-state index in [1.807, 2.05) is 37.3 Å². The molecule has 3 heteroatoms. The van der Waals surface area contributed by atoms with Crippen LogP contribution in [0.4, 0.5) is 0 Å². The first-order chi connectivity index (χ1) is 9.70. The van der Waals surface area contributed by atoms with Crippen molar-refractivity contribution in [1.29, 1.82) is 0 Å². The molecule has 1 fully saturated rings. The van der Waals surface area contributed by atoms with E-state index in [1.54, 1.807) is 0 Å². The molecule has 110 valence electrons. The second kappa shape index (κ2) is 7.44. The molecule has 2 rings (SSSR count). The monoisotopic (exact) mass is 276 g/mol. The van der Waals surface area contributed by atoms with E-state index in [2.05, 4.69) is 6.92 Å². The quantitative estimate of drug-likeness (QED) is 0.765. The lowest BCUT2D eigenvalue weighted by Crippen LogP contribution is -2.28. The number of hydrogen-bond acceptors (Lipinski definition) is 3. The fourth-order valence-electron chi connectivity index (χ4n) is 2.81. The van der Waals surface area contributed by atoms with Gasteiger partial charge in [-0.15, -0.1) is 0 Å². The van der Waals surface area contributed by atoms with Gasteiger partial charge in [0.05, 0.1) is 12.7 Å². The predicted octanol–water partition coefficient (Wildman–Crippen LogP) is 3.89. The largest absolute Gasteiger partial charge is 0.464 e. The van der Waals surface area contributed by atoms with Gasteiger partial charge < -0.3 is 9.47 Å². The molecule has 1 aliphatic carbocycles. The SMILES string of the molecule is CCOC(=O)C(OC1CCCC(C)C1)c1ccccc1. The molecule has 0 saturated heterocycles. The summed E-state index contributed by atoms with van der Waals surface area (Å²) in [5.74, 6) is 0.393. The van der Waals surface area contributed by atoms with Crippen LogP contribution in [-0.4, -0.2) is 18.7 Å². The number of hydrogen-bond donors (Lipinski definition) is 0. The van der Waals surface area contributed by atoms with Crippen LogP contribution >= 0.6 is 0 Å². The number of carbonyl (C=O) groups is 1. The summed E-state index contributed by atoms with van der Waals surface area (Å²) in [5, 5.41) is 0. The molecule has 20 heavy (non-hydrogen) atoms. The molecule has 0 amide bonds. The lowest BCUT2D eigenvalue weighted by molar-refractivity contribution is -0.163. The Labute approximate surface area is 121 Å². The Hall–Kier alpha value is -1.35. The van der Waals surface area contributed by atoms with Crippen molar-refractivity contribution in [2.75, 3.05) is 6.61 Å². The van der Waals surface area contributed by atoms with E-state index < -0.39 is 6.10 Å². The van der Waals surface area contributed by atoms with Crippen LogP contribution in [0.5, 0.6) is 0 Å². The van der Waals surface area contributed by atoms with E-state index in [9.17, 15) is 4.79 Å². The Morgan fingerprint density at radius 2 is 2.05 bits per heavy atom. The molecule has 3 atom stereocenters. The van der Waals surface area contributed by atoms with Crippen LogP contribution in [0.2, 0.25) is 0 Å². The summed E-state index contributed by atoms with van der Waals surface area (Å²) in [7, 11) is 0. The maximum absolute atomic E-state index is 12.2. The molecule has 0 N–H and O–H groups in total. The molecule has 0 spiro atoms. The predicted molar refractivity (Wildman–Crippen MR) is 78.3 cm³/mol. The average Bonchev–Trinajstić information content (AvgIpc) is 2.46. The second-order valence-electron chi connectivity index (χ2n) is 5.57. The Kier molecular flexibility index (Phi) is 5.60. The van der Waals surface area contributed by atoms with E-state index in [4.69, 9.17) is 9.47 Å². The van der Waals surface area contributed by atoms with Crippen molar-refractivity contribution in [2.24, 2.45) is 5.92 Å². The zero-order valence-electron chi connectivity index (χ0n) is 12.4. The van der Waals surface area contributed by atoms with Crippen molar-refractivity contribution in [1.82, 2.24) is 0 Å². The molecule has 0 bridgehead atoms. The summed E-state index contributed by atoms with van der Waals surface area (Å²) in [4.78, 5) is 12.2. The van der Waals surface area contributed by atoms with Crippen molar-refractivity contribution < 1.29 is 14.3 Å². The van der Waals surface area contributed by atoms with Crippen LogP contribution < -0.4 is 0 Å². The number of esters is 1. The van der Waals surface area contributed by atoms with Crippen LogP contribution in [0.15, 0.2) is 30.3 Å². The maximum Gasteiger partial charge on any atom is 0.339 e. The first-order valence-corrected chi connectivity index (χ1v) is 7.57. The van der Waals surface area contributed by atoms with Gasteiger partial charge in [-0.25, -0.2) is 4.79 Å². The fourth-order valence-corrected chi connectivity index (χ4v) is 2.81. The summed E-state index contributed by atoms with van der Waals surface area (Å²) in [6.45, 7) is 4.45. The Bertz CT molecular complexity index is 416. The molecular weight excluding hydrogens is 252 g/mol. The molecule has 0 radical (unpaired) electrons. The fraction of sp³-hybridized carbons (Fsp3) is 0.588. The van der Waals surface area contributed by atoms with Crippen LogP contribution in [0.1, 0.15) is 51.2 Å². The van der Waals surface area contributed by atoms with Gasteiger partial charge in [-0.3, -0.25) is 0 Å². The van der Waals surface area contributed by atoms with Gasteiger partial charge in [-0.05, 0) is 31.2 Å². The molecular formula is C17H24O3. The highest BCUT2D eigenvalue weighted by Crippen LogP contribution is 2.30. The number of benzene rings is 1. The van der Waals surface area contributed by atoms with Crippen LogP contribution in [0.25, 0.3) is 0 Å². The maximum atomic E-state index is 12.2. The topological polar surface area (TPSA) is 35.5 Å². The minimum absolute atomic E-state index is 0.161. The van der Waals surface area contributed by atoms with Gasteiger partial charge in [-0.1, -0.05) is 50.1 Å². The molecule has 1 aliphatic rings. The van der Waals surface area contributed by atoms with Crippen molar-refractivity contribution in [3.8, 4) is 0 Å². The molecule has 1 saturated carbocycles. The van der Waals surface area contributed by atoms with Gasteiger partial charge in [0.15, 0.2) is 6.10 Å². The smallest absolute Gasteiger partial charge is 0.339 e. The zero-order chi connectivity index (χ0) is 14.4. The highest BCUT2D eigenvalue weighted by atomic mass is 16.6. The normalized spacial score (nSPS) is 24.1. The number of carbonyl (C=O) groups excluding carboxylic acids is 1. The number of rotatable bonds is 5. The Morgan fingerprint density at radius 3 is 2.70 bits per heavy atom. The van der Waals surface area contributed by atoms with E-state index in [1.165, 1.54) is 12.8 Å². The molecule has 1 aromatic rings.